The molecule has 0 unspecified atom stereocenters. The normalized spacial score (nSPS) is 15.2. The third-order valence-electron chi connectivity index (χ3n) is 23.0. The molecule has 0 saturated heterocycles. The van der Waals surface area contributed by atoms with Gasteiger partial charge in [-0.2, -0.15) is 0 Å². The standard InChI is InChI=1S/C97H135FN8O30/c1-8-97(115)78-58-83-89-75(60-106(83)93(111)77(78)63-134-94(97)112)87-80(23-22-70-66(4)79(98)59-82(102-89)86(70)87)103-95(113)135-61-68-20-21-69(57-84(68)133-56-55-131-52-51-129-48-47-127-44-43-125-42-41-124-39-37-122-35-33-120-31-29-118-27-25-116-6)101-90(108)67(5)100-92(110)88(65(2)3)105-91(109)81(104-96(114)136-62-76-73-17-11-9-15-71(73)72-16-10-12-18-74(72)76)19-13-14-24-99-85(107)64-132-54-53-130-50-49-128-46-45-126-40-38-123-36-34-121-32-30-119-28-26-117-7/h9-12,15-18,20-21,57-59,65,67,76,80-81,88,115H,8,13-14,19,22-56,60-64H2,1-7H3,(H,99,107)(H,100,110)(H,101,108)(H,103,113)(H,104,114)(H,105,109)/t67-,80-,81-,88-,97-/m0/s1. The second-order valence-electron chi connectivity index (χ2n) is 32.7. The number of anilines is 1. The number of carbonyl (C=O) groups is 7. The first-order valence-electron chi connectivity index (χ1n) is 46.7. The van der Waals surface area contributed by atoms with Crippen molar-refractivity contribution in [2.75, 3.05) is 251 Å². The molecule has 2 aliphatic carbocycles. The van der Waals surface area contributed by atoms with Gasteiger partial charge in [0.1, 0.15) is 62.7 Å². The van der Waals surface area contributed by atoms with Crippen LogP contribution in [0.5, 0.6) is 5.75 Å². The molecule has 4 aliphatic rings. The van der Waals surface area contributed by atoms with Crippen molar-refractivity contribution in [1.29, 1.82) is 0 Å². The number of unbranched alkanes of at least 4 members (excludes halogenated alkanes) is 1. The Bertz CT molecular complexity index is 4770. The predicted octanol–water partition coefficient (Wildman–Crippen LogP) is 7.14. The van der Waals surface area contributed by atoms with E-state index in [0.29, 0.717) is 242 Å². The number of nitrogens with one attached hydrogen (secondary N) is 6. The molecule has 6 aromatic rings. The quantitative estimate of drug-likeness (QED) is 0.0113. The highest BCUT2D eigenvalue weighted by Crippen LogP contribution is 2.47. The Kier molecular flexibility index (Phi) is 47.3. The number of halogens is 1. The van der Waals surface area contributed by atoms with Crippen LogP contribution in [0.2, 0.25) is 0 Å². The number of hydrogen-bond donors (Lipinski definition) is 7. The van der Waals surface area contributed by atoms with E-state index in [1.807, 2.05) is 48.5 Å². The molecule has 4 heterocycles. The van der Waals surface area contributed by atoms with Crippen LogP contribution in [0.25, 0.3) is 33.4 Å². The van der Waals surface area contributed by atoms with Gasteiger partial charge in [0.05, 0.1) is 240 Å². The van der Waals surface area contributed by atoms with Crippen LogP contribution in [0.15, 0.2) is 83.7 Å². The number of amides is 6. The first-order chi connectivity index (χ1) is 66.2. The Morgan fingerprint density at radius 1 is 0.566 bits per heavy atom. The Morgan fingerprint density at radius 2 is 1.07 bits per heavy atom. The van der Waals surface area contributed by atoms with Crippen molar-refractivity contribution >= 4 is 58.4 Å². The van der Waals surface area contributed by atoms with Crippen LogP contribution in [0.3, 0.4) is 0 Å². The van der Waals surface area contributed by atoms with E-state index in [1.54, 1.807) is 60.1 Å². The molecule has 750 valence electrons. The highest BCUT2D eigenvalue weighted by atomic mass is 19.1. The minimum atomic E-state index is -2.10. The molecule has 0 saturated carbocycles. The van der Waals surface area contributed by atoms with Gasteiger partial charge in [0.15, 0.2) is 5.60 Å². The van der Waals surface area contributed by atoms with Crippen LogP contribution in [-0.4, -0.2) is 320 Å². The summed E-state index contributed by atoms with van der Waals surface area (Å²) in [6.45, 7) is 19.5. The summed E-state index contributed by atoms with van der Waals surface area (Å²) in [7, 11) is 3.24. The van der Waals surface area contributed by atoms with E-state index in [-0.39, 0.29) is 132 Å². The number of aliphatic hydroxyl groups is 1. The molecule has 10 rings (SSSR count). The number of rotatable bonds is 70. The van der Waals surface area contributed by atoms with E-state index in [4.69, 9.17) is 104 Å². The largest absolute Gasteiger partial charge is 0.491 e. The average Bonchev–Trinajstić information content (AvgIpc) is 1.59. The summed E-state index contributed by atoms with van der Waals surface area (Å²) in [5.74, 6) is -4.45. The maximum Gasteiger partial charge on any atom is 0.407 e. The molecule has 39 heteroatoms. The van der Waals surface area contributed by atoms with Crippen LogP contribution in [-0.2, 0) is 150 Å². The van der Waals surface area contributed by atoms with Gasteiger partial charge in [-0.3, -0.25) is 24.0 Å². The number of alkyl carbamates (subject to hydrolysis) is 2. The number of aromatic nitrogens is 2. The number of pyridine rings is 2. The van der Waals surface area contributed by atoms with E-state index < -0.39 is 82.9 Å². The molecule has 2 aliphatic heterocycles. The number of cyclic esters (lactones) is 1. The molecule has 2 aromatic heterocycles. The van der Waals surface area contributed by atoms with Crippen LogP contribution in [0.4, 0.5) is 19.7 Å². The molecule has 0 fully saturated rings. The summed E-state index contributed by atoms with van der Waals surface area (Å²) in [6.07, 6.45) is -0.341. The Morgan fingerprint density at radius 3 is 1.59 bits per heavy atom. The summed E-state index contributed by atoms with van der Waals surface area (Å²) in [6, 6.07) is 18.9. The van der Waals surface area contributed by atoms with Crippen LogP contribution < -0.4 is 42.2 Å². The summed E-state index contributed by atoms with van der Waals surface area (Å²) < 4.78 is 134. The van der Waals surface area contributed by atoms with E-state index in [2.05, 4.69) is 31.9 Å². The van der Waals surface area contributed by atoms with Crippen molar-refractivity contribution in [2.45, 2.75) is 129 Å². The first-order valence-corrected chi connectivity index (χ1v) is 46.7. The van der Waals surface area contributed by atoms with Gasteiger partial charge < -0.3 is 141 Å². The number of fused-ring (bicyclic) bond motifs is 8. The van der Waals surface area contributed by atoms with E-state index >= 15 is 4.39 Å². The number of nitrogens with zero attached hydrogens (tertiary/aromatic N) is 2. The molecule has 0 radical (unpaired) electrons. The highest BCUT2D eigenvalue weighted by Gasteiger charge is 2.46. The number of ether oxygens (including phenoxy) is 21. The fraction of sp³-hybridized carbons (Fsp3) is 0.598. The van der Waals surface area contributed by atoms with E-state index in [9.17, 15) is 43.5 Å². The molecule has 7 N–H and O–H groups in total. The Labute approximate surface area is 792 Å². The molecule has 38 nitrogen and oxygen atoms in total. The smallest absolute Gasteiger partial charge is 0.407 e. The van der Waals surface area contributed by atoms with Gasteiger partial charge in [-0.25, -0.2) is 23.8 Å². The maximum absolute atomic E-state index is 15.8. The van der Waals surface area contributed by atoms with E-state index in [1.165, 1.54) is 23.6 Å². The van der Waals surface area contributed by atoms with Crippen molar-refractivity contribution in [1.82, 2.24) is 36.1 Å². The summed E-state index contributed by atoms with van der Waals surface area (Å²) in [5.41, 5.74) is 5.47. The van der Waals surface area contributed by atoms with Gasteiger partial charge in [-0.1, -0.05) is 69.3 Å². The zero-order valence-electron chi connectivity index (χ0n) is 79.1. The Hall–Kier alpha value is -9.86. The lowest BCUT2D eigenvalue weighted by molar-refractivity contribution is -0.172. The number of methoxy groups -OCH3 is 2. The lowest BCUT2D eigenvalue weighted by Gasteiger charge is -2.31. The molecule has 0 bridgehead atoms. The van der Waals surface area contributed by atoms with Crippen LogP contribution in [0.1, 0.15) is 122 Å². The van der Waals surface area contributed by atoms with E-state index in [0.717, 1.165) is 22.3 Å². The van der Waals surface area contributed by atoms with Gasteiger partial charge in [0.2, 0.25) is 23.6 Å². The number of aryl methyl sites for hydroxylation is 1. The zero-order valence-corrected chi connectivity index (χ0v) is 79.1. The van der Waals surface area contributed by atoms with Crippen LogP contribution >= 0.6 is 0 Å². The molecule has 5 atom stereocenters. The van der Waals surface area contributed by atoms with Crippen molar-refractivity contribution in [3.63, 3.8) is 0 Å². The second-order valence-corrected chi connectivity index (χ2v) is 32.7. The van der Waals surface area contributed by atoms with Crippen LogP contribution in [0, 0.1) is 18.7 Å². The molecule has 4 aromatic carbocycles. The molecule has 6 amide bonds. The van der Waals surface area contributed by atoms with Crippen molar-refractivity contribution < 1.29 is 143 Å². The second kappa shape index (κ2) is 59.4. The number of benzene rings is 4. The summed E-state index contributed by atoms with van der Waals surface area (Å²) >= 11 is 0. The fourth-order valence-corrected chi connectivity index (χ4v) is 15.7. The zero-order chi connectivity index (χ0) is 96.7. The summed E-state index contributed by atoms with van der Waals surface area (Å²) in [5, 5.41) is 29.2. The average molecular weight is 1910 g/mol. The maximum atomic E-state index is 15.8. The number of esters is 1. The third-order valence-corrected chi connectivity index (χ3v) is 23.0. The number of hydrogen-bond acceptors (Lipinski definition) is 31. The van der Waals surface area contributed by atoms with Crippen molar-refractivity contribution in [3.8, 4) is 28.3 Å². The van der Waals surface area contributed by atoms with Gasteiger partial charge in [-0.05, 0) is 115 Å². The molecular formula is C97H135FN8O30. The predicted molar refractivity (Wildman–Crippen MR) is 493 cm³/mol. The van der Waals surface area contributed by atoms with Gasteiger partial charge >= 0.3 is 18.2 Å². The minimum Gasteiger partial charge on any atom is -0.491 e. The monoisotopic (exact) mass is 1910 g/mol. The minimum absolute atomic E-state index is 0.00822. The van der Waals surface area contributed by atoms with Crippen molar-refractivity contribution in [2.24, 2.45) is 5.92 Å². The topological polar surface area (TPSA) is 441 Å². The first kappa shape index (κ1) is 108. The van der Waals surface area contributed by atoms with Crippen molar-refractivity contribution in [3.05, 3.63) is 145 Å². The van der Waals surface area contributed by atoms with Gasteiger partial charge in [-0.15, -0.1) is 0 Å². The molecule has 0 spiro atoms. The molecular weight excluding hydrogens is 1780 g/mol. The lowest BCUT2D eigenvalue weighted by Crippen LogP contribution is -2.57. The Balaban J connectivity index is 0.707. The summed E-state index contributed by atoms with van der Waals surface area (Å²) in [4.78, 5) is 117. The third kappa shape index (κ3) is 33.5. The number of carbonyl (C=O) groups excluding carboxylic acids is 7. The van der Waals surface area contributed by atoms with Gasteiger partial charge in [0, 0.05) is 66.6 Å². The fourth-order valence-electron chi connectivity index (χ4n) is 15.7. The SMILES string of the molecule is CC[C@@]1(O)C(=O)OCc2c1cc1n(c2=O)Cc2c-1nc1cc(F)c(C)c3c1c2[C@@H](NC(=O)OCc1ccc(NC(=O)[C@H](C)NC(=O)[C@@H](NC(=O)[C@H](CCCCNC(=O)COCCOCCOCCOCCOCCOCCOCCOC)NC(=O)OCC2c4ccccc4-c4ccccc42)C(C)C)cc1OCCOCCOCCOCCOCCOCCOCCOCCOCCOC)CC3. The molecule has 136 heavy (non-hydrogen) atoms. The van der Waals surface area contributed by atoms with Gasteiger partial charge in [0.25, 0.3) is 5.56 Å². The highest BCUT2D eigenvalue weighted by molar-refractivity contribution is 5.99. The lowest BCUT2D eigenvalue weighted by atomic mass is 9.81.